The first-order chi connectivity index (χ1) is 7.58. The number of carbonyl (C=O) groups is 2. The lowest BCUT2D eigenvalue weighted by atomic mass is 10.3. The van der Waals surface area contributed by atoms with Gasteiger partial charge < -0.3 is 5.32 Å². The molecule has 0 aromatic heterocycles. The molecular formula is C12H15NO2S. The number of Topliss-reactive ketones (excluding diaryl/α,β-unsaturated/α-hetero) is 1. The summed E-state index contributed by atoms with van der Waals surface area (Å²) in [5, 5.41) is 2.70. The quantitative estimate of drug-likeness (QED) is 0.801. The molecule has 1 amide bonds. The number of benzene rings is 1. The van der Waals surface area contributed by atoms with Gasteiger partial charge in [-0.2, -0.15) is 0 Å². The van der Waals surface area contributed by atoms with E-state index in [2.05, 4.69) is 5.32 Å². The summed E-state index contributed by atoms with van der Waals surface area (Å²) in [7, 11) is 0. The van der Waals surface area contributed by atoms with Crippen LogP contribution >= 0.6 is 11.8 Å². The minimum absolute atomic E-state index is 0.0722. The summed E-state index contributed by atoms with van der Waals surface area (Å²) in [5.41, 5.74) is 0.795. The van der Waals surface area contributed by atoms with Crippen LogP contribution in [-0.4, -0.2) is 17.4 Å². The molecule has 0 radical (unpaired) electrons. The predicted molar refractivity (Wildman–Crippen MR) is 66.8 cm³/mol. The lowest BCUT2D eigenvalue weighted by molar-refractivity contribution is -0.116. The number of rotatable bonds is 5. The van der Waals surface area contributed by atoms with Gasteiger partial charge in [0.2, 0.25) is 5.91 Å². The minimum Gasteiger partial charge on any atom is -0.326 e. The van der Waals surface area contributed by atoms with Gasteiger partial charge in [0.05, 0.1) is 0 Å². The van der Waals surface area contributed by atoms with Gasteiger partial charge in [-0.25, -0.2) is 0 Å². The SMILES string of the molecule is CC(=O)CCSc1ccc(NC(C)=O)cc1. The Kier molecular flexibility index (Phi) is 5.05. The van der Waals surface area contributed by atoms with Gasteiger partial charge in [-0.1, -0.05) is 0 Å². The van der Waals surface area contributed by atoms with Crippen LogP contribution in [0.5, 0.6) is 0 Å². The molecule has 0 bridgehead atoms. The van der Waals surface area contributed by atoms with Crippen LogP contribution in [0.4, 0.5) is 5.69 Å². The molecule has 0 heterocycles. The highest BCUT2D eigenvalue weighted by atomic mass is 32.2. The van der Waals surface area contributed by atoms with Gasteiger partial charge in [0.1, 0.15) is 5.78 Å². The van der Waals surface area contributed by atoms with Gasteiger partial charge in [0.25, 0.3) is 0 Å². The Hall–Kier alpha value is -1.29. The molecular weight excluding hydrogens is 222 g/mol. The van der Waals surface area contributed by atoms with Gasteiger partial charge in [0.15, 0.2) is 0 Å². The fourth-order valence-electron chi connectivity index (χ4n) is 1.15. The summed E-state index contributed by atoms with van der Waals surface area (Å²) < 4.78 is 0. The summed E-state index contributed by atoms with van der Waals surface area (Å²) in [4.78, 5) is 22.6. The van der Waals surface area contributed by atoms with Crippen molar-refractivity contribution in [3.8, 4) is 0 Å². The average molecular weight is 237 g/mol. The molecule has 1 N–H and O–H groups in total. The second-order valence-corrected chi connectivity index (χ2v) is 4.67. The van der Waals surface area contributed by atoms with Crippen molar-refractivity contribution in [1.29, 1.82) is 0 Å². The molecule has 4 heteroatoms. The Bertz CT molecular complexity index is 373. The number of nitrogens with one attached hydrogen (secondary N) is 1. The number of carbonyl (C=O) groups excluding carboxylic acids is 2. The summed E-state index contributed by atoms with van der Waals surface area (Å²) in [6.45, 7) is 3.08. The van der Waals surface area contributed by atoms with Crippen molar-refractivity contribution in [1.82, 2.24) is 0 Å². The Morgan fingerprint density at radius 1 is 1.19 bits per heavy atom. The smallest absolute Gasteiger partial charge is 0.221 e. The predicted octanol–water partition coefficient (Wildman–Crippen LogP) is 2.72. The third kappa shape index (κ3) is 4.98. The van der Waals surface area contributed by atoms with Crippen LogP contribution < -0.4 is 5.32 Å². The maximum Gasteiger partial charge on any atom is 0.221 e. The van der Waals surface area contributed by atoms with Crippen LogP contribution in [0.2, 0.25) is 0 Å². The van der Waals surface area contributed by atoms with E-state index >= 15 is 0 Å². The molecule has 1 aromatic rings. The van der Waals surface area contributed by atoms with E-state index in [9.17, 15) is 9.59 Å². The van der Waals surface area contributed by atoms with Crippen molar-refractivity contribution in [3.05, 3.63) is 24.3 Å². The molecule has 3 nitrogen and oxygen atoms in total. The van der Waals surface area contributed by atoms with E-state index in [-0.39, 0.29) is 11.7 Å². The molecule has 0 aliphatic rings. The zero-order chi connectivity index (χ0) is 12.0. The number of amides is 1. The zero-order valence-electron chi connectivity index (χ0n) is 9.45. The minimum atomic E-state index is -0.0722. The summed E-state index contributed by atoms with van der Waals surface area (Å²) >= 11 is 1.64. The van der Waals surface area contributed by atoms with Crippen molar-refractivity contribution in [2.75, 3.05) is 11.1 Å². The summed E-state index contributed by atoms with van der Waals surface area (Å²) in [5.74, 6) is 0.939. The van der Waals surface area contributed by atoms with Gasteiger partial charge >= 0.3 is 0 Å². The third-order valence-corrected chi connectivity index (χ3v) is 2.91. The van der Waals surface area contributed by atoms with E-state index < -0.39 is 0 Å². The first-order valence-corrected chi connectivity index (χ1v) is 6.06. The lowest BCUT2D eigenvalue weighted by Crippen LogP contribution is -2.05. The highest BCUT2D eigenvalue weighted by Gasteiger charge is 1.98. The molecule has 0 unspecified atom stereocenters. The highest BCUT2D eigenvalue weighted by molar-refractivity contribution is 7.99. The molecule has 16 heavy (non-hydrogen) atoms. The van der Waals surface area contributed by atoms with Gasteiger partial charge in [0, 0.05) is 29.7 Å². The highest BCUT2D eigenvalue weighted by Crippen LogP contribution is 2.20. The molecule has 0 aliphatic heterocycles. The van der Waals surface area contributed by atoms with Crippen LogP contribution in [0, 0.1) is 0 Å². The maximum absolute atomic E-state index is 10.8. The van der Waals surface area contributed by atoms with Crippen molar-refractivity contribution in [2.24, 2.45) is 0 Å². The van der Waals surface area contributed by atoms with E-state index in [1.54, 1.807) is 18.7 Å². The van der Waals surface area contributed by atoms with Crippen LogP contribution in [0.25, 0.3) is 0 Å². The average Bonchev–Trinajstić information content (AvgIpc) is 2.19. The van der Waals surface area contributed by atoms with E-state index in [4.69, 9.17) is 0 Å². The lowest BCUT2D eigenvalue weighted by Gasteiger charge is -2.03. The fraction of sp³-hybridized carbons (Fsp3) is 0.333. The van der Waals surface area contributed by atoms with Crippen LogP contribution in [-0.2, 0) is 9.59 Å². The molecule has 0 aliphatic carbocycles. The summed E-state index contributed by atoms with van der Waals surface area (Å²) in [6.07, 6.45) is 0.595. The van der Waals surface area contributed by atoms with Crippen LogP contribution in [0.3, 0.4) is 0 Å². The Morgan fingerprint density at radius 2 is 1.81 bits per heavy atom. The Balaban J connectivity index is 2.45. The number of hydrogen-bond donors (Lipinski definition) is 1. The first kappa shape index (κ1) is 12.8. The fourth-order valence-corrected chi connectivity index (χ4v) is 2.10. The third-order valence-electron chi connectivity index (χ3n) is 1.90. The second-order valence-electron chi connectivity index (χ2n) is 3.51. The molecule has 1 aromatic carbocycles. The Morgan fingerprint density at radius 3 is 2.31 bits per heavy atom. The molecule has 0 fully saturated rings. The Labute approximate surface area is 99.6 Å². The number of thioether (sulfide) groups is 1. The van der Waals surface area contributed by atoms with Crippen LogP contribution in [0.1, 0.15) is 20.3 Å². The largest absolute Gasteiger partial charge is 0.326 e. The number of ketones is 1. The maximum atomic E-state index is 10.8. The van der Waals surface area contributed by atoms with Crippen molar-refractivity contribution in [2.45, 2.75) is 25.2 Å². The molecule has 0 saturated carbocycles. The molecule has 86 valence electrons. The second kappa shape index (κ2) is 6.33. The van der Waals surface area contributed by atoms with Gasteiger partial charge in [-0.15, -0.1) is 11.8 Å². The van der Waals surface area contributed by atoms with Gasteiger partial charge in [-0.3, -0.25) is 9.59 Å². The molecule has 0 saturated heterocycles. The normalized spacial score (nSPS) is 9.88. The standard InChI is InChI=1S/C12H15NO2S/c1-9(14)7-8-16-12-5-3-11(4-6-12)13-10(2)15/h3-6H,7-8H2,1-2H3,(H,13,15). The van der Waals surface area contributed by atoms with E-state index in [0.717, 1.165) is 16.3 Å². The van der Waals surface area contributed by atoms with E-state index in [1.807, 2.05) is 24.3 Å². The molecule has 0 atom stereocenters. The van der Waals surface area contributed by atoms with Crippen LogP contribution in [0.15, 0.2) is 29.2 Å². The first-order valence-electron chi connectivity index (χ1n) is 5.08. The van der Waals surface area contributed by atoms with Crippen molar-refractivity contribution < 1.29 is 9.59 Å². The number of anilines is 1. The van der Waals surface area contributed by atoms with Gasteiger partial charge in [-0.05, 0) is 31.2 Å². The topological polar surface area (TPSA) is 46.2 Å². The van der Waals surface area contributed by atoms with E-state index in [0.29, 0.717) is 6.42 Å². The molecule has 1 rings (SSSR count). The zero-order valence-corrected chi connectivity index (χ0v) is 10.3. The summed E-state index contributed by atoms with van der Waals surface area (Å²) in [6, 6.07) is 7.60. The molecule has 0 spiro atoms. The van der Waals surface area contributed by atoms with E-state index in [1.165, 1.54) is 6.92 Å². The van der Waals surface area contributed by atoms with Crippen molar-refractivity contribution >= 4 is 29.1 Å². The number of hydrogen-bond acceptors (Lipinski definition) is 3. The van der Waals surface area contributed by atoms with Crippen molar-refractivity contribution in [3.63, 3.8) is 0 Å². The monoisotopic (exact) mass is 237 g/mol.